The molecule has 0 amide bonds. The second kappa shape index (κ2) is 13.0. The lowest BCUT2D eigenvalue weighted by molar-refractivity contribution is 0.273. The third kappa shape index (κ3) is 7.62. The fourth-order valence-corrected chi connectivity index (χ4v) is 3.01. The van der Waals surface area contributed by atoms with Gasteiger partial charge in [-0.1, -0.05) is 19.9 Å². The molecule has 178 valence electrons. The Balaban J connectivity index is 1.75. The van der Waals surface area contributed by atoms with Crippen LogP contribution < -0.4 is 19.6 Å². The van der Waals surface area contributed by atoms with Gasteiger partial charge in [0, 0.05) is 6.20 Å². The van der Waals surface area contributed by atoms with Crippen molar-refractivity contribution < 1.29 is 14.2 Å². The number of rotatable bonds is 11. The Morgan fingerprint density at radius 1 is 1.03 bits per heavy atom. The van der Waals surface area contributed by atoms with Crippen LogP contribution in [0.3, 0.4) is 0 Å². The molecule has 1 heterocycles. The summed E-state index contributed by atoms with van der Waals surface area (Å²) in [6, 6.07) is 18.9. The number of hydrogen-bond donors (Lipinski definition) is 1. The van der Waals surface area contributed by atoms with Crippen LogP contribution in [0.15, 0.2) is 77.0 Å². The number of aliphatic imine (C=N–C) groups is 1. The van der Waals surface area contributed by atoms with Gasteiger partial charge in [0.25, 0.3) is 0 Å². The van der Waals surface area contributed by atoms with E-state index in [-0.39, 0.29) is 0 Å². The first-order valence-electron chi connectivity index (χ1n) is 11.4. The lowest BCUT2D eigenvalue weighted by Crippen LogP contribution is -2.20. The maximum absolute atomic E-state index is 5.86. The minimum atomic E-state index is 0.529. The summed E-state index contributed by atoms with van der Waals surface area (Å²) in [7, 11) is 1.63. The average Bonchev–Trinajstić information content (AvgIpc) is 2.85. The minimum absolute atomic E-state index is 0.529. The van der Waals surface area contributed by atoms with Crippen LogP contribution in [0.5, 0.6) is 17.2 Å². The molecule has 34 heavy (non-hydrogen) atoms. The first-order valence-corrected chi connectivity index (χ1v) is 11.4. The van der Waals surface area contributed by atoms with E-state index in [4.69, 9.17) is 14.2 Å². The number of pyridine rings is 1. The summed E-state index contributed by atoms with van der Waals surface area (Å²) < 4.78 is 16.9. The average molecular weight is 461 g/mol. The molecule has 7 nitrogen and oxygen atoms in total. The van der Waals surface area contributed by atoms with Crippen molar-refractivity contribution >= 4 is 17.7 Å². The highest BCUT2D eigenvalue weighted by Gasteiger charge is 2.07. The molecule has 0 saturated carbocycles. The van der Waals surface area contributed by atoms with Gasteiger partial charge < -0.3 is 14.2 Å². The second-order valence-electron chi connectivity index (χ2n) is 7.91. The van der Waals surface area contributed by atoms with Crippen LogP contribution in [0.25, 0.3) is 0 Å². The summed E-state index contributed by atoms with van der Waals surface area (Å²) in [6.07, 6.45) is 4.41. The van der Waals surface area contributed by atoms with Gasteiger partial charge in [0.2, 0.25) is 0 Å². The van der Waals surface area contributed by atoms with Crippen LogP contribution >= 0.6 is 0 Å². The highest BCUT2D eigenvalue weighted by Crippen LogP contribution is 2.28. The smallest absolute Gasteiger partial charge is 0.172 e. The third-order valence-corrected chi connectivity index (χ3v) is 4.82. The fourth-order valence-electron chi connectivity index (χ4n) is 3.01. The van der Waals surface area contributed by atoms with Gasteiger partial charge in [-0.05, 0) is 79.4 Å². The standard InChI is InChI=1S/C27H32N4O3/c1-5-33-23-12-10-22(11-13-23)30-27(24-8-6-7-16-28-24)31-29-19-21-9-14-25(26(18-21)32-4)34-17-15-20(2)3/h6-14,16,18-20H,5,15,17H2,1-4H3,(H,30,31). The molecule has 0 unspecified atom stereocenters. The number of ether oxygens (including phenoxy) is 3. The van der Waals surface area contributed by atoms with Crippen molar-refractivity contribution in [3.05, 3.63) is 78.1 Å². The van der Waals surface area contributed by atoms with Crippen molar-refractivity contribution in [1.29, 1.82) is 0 Å². The molecule has 3 aromatic rings. The van der Waals surface area contributed by atoms with Crippen LogP contribution in [-0.2, 0) is 0 Å². The predicted molar refractivity (Wildman–Crippen MR) is 137 cm³/mol. The molecule has 0 saturated heterocycles. The summed E-state index contributed by atoms with van der Waals surface area (Å²) in [6.45, 7) is 7.57. The van der Waals surface area contributed by atoms with E-state index in [2.05, 4.69) is 34.4 Å². The monoisotopic (exact) mass is 460 g/mol. The molecular weight excluding hydrogens is 428 g/mol. The molecule has 0 bridgehead atoms. The van der Waals surface area contributed by atoms with Gasteiger partial charge >= 0.3 is 0 Å². The number of amidine groups is 1. The molecule has 0 aliphatic carbocycles. The molecule has 0 atom stereocenters. The van der Waals surface area contributed by atoms with Gasteiger partial charge in [0.1, 0.15) is 11.4 Å². The van der Waals surface area contributed by atoms with Gasteiger partial charge in [-0.3, -0.25) is 10.4 Å². The number of nitrogens with one attached hydrogen (secondary N) is 1. The van der Waals surface area contributed by atoms with Crippen LogP contribution in [0.4, 0.5) is 5.69 Å². The summed E-state index contributed by atoms with van der Waals surface area (Å²) in [4.78, 5) is 9.09. The molecule has 0 spiro atoms. The summed E-state index contributed by atoms with van der Waals surface area (Å²) in [5.74, 6) is 3.31. The number of aromatic nitrogens is 1. The van der Waals surface area contributed by atoms with E-state index in [9.17, 15) is 0 Å². The normalized spacial score (nSPS) is 11.6. The molecule has 3 rings (SSSR count). The maximum atomic E-state index is 5.86. The fraction of sp³-hybridized carbons (Fsp3) is 0.296. The number of methoxy groups -OCH3 is 1. The van der Waals surface area contributed by atoms with E-state index in [1.54, 1.807) is 19.5 Å². The zero-order chi connectivity index (χ0) is 24.2. The molecule has 0 aliphatic rings. The predicted octanol–water partition coefficient (Wildman–Crippen LogP) is 5.62. The van der Waals surface area contributed by atoms with E-state index >= 15 is 0 Å². The van der Waals surface area contributed by atoms with Crippen LogP contribution in [0, 0.1) is 5.92 Å². The summed E-state index contributed by atoms with van der Waals surface area (Å²) in [5.41, 5.74) is 5.33. The van der Waals surface area contributed by atoms with Crippen molar-refractivity contribution in [3.8, 4) is 17.2 Å². The minimum Gasteiger partial charge on any atom is -0.494 e. The SMILES string of the molecule is CCOc1ccc(N=C(NN=Cc2ccc(OCCC(C)C)c(OC)c2)c2ccccn2)cc1. The number of benzene rings is 2. The van der Waals surface area contributed by atoms with Gasteiger partial charge in [-0.25, -0.2) is 4.99 Å². The second-order valence-corrected chi connectivity index (χ2v) is 7.91. The maximum Gasteiger partial charge on any atom is 0.172 e. The summed E-state index contributed by atoms with van der Waals surface area (Å²) in [5, 5.41) is 4.39. The van der Waals surface area contributed by atoms with Crippen LogP contribution in [0.1, 0.15) is 38.4 Å². The van der Waals surface area contributed by atoms with E-state index in [0.717, 1.165) is 29.2 Å². The third-order valence-electron chi connectivity index (χ3n) is 4.82. The molecule has 7 heteroatoms. The molecular formula is C27H32N4O3. The van der Waals surface area contributed by atoms with Crippen molar-refractivity contribution in [2.24, 2.45) is 16.0 Å². The van der Waals surface area contributed by atoms with Gasteiger partial charge in [0.15, 0.2) is 17.3 Å². The number of nitrogens with zero attached hydrogens (tertiary/aromatic N) is 3. The quantitative estimate of drug-likeness (QED) is 0.228. The van der Waals surface area contributed by atoms with Gasteiger partial charge in [-0.15, -0.1) is 0 Å². The highest BCUT2D eigenvalue weighted by molar-refractivity contribution is 5.99. The molecule has 2 aromatic carbocycles. The Bertz CT molecular complexity index is 1080. The molecule has 0 aliphatic heterocycles. The van der Waals surface area contributed by atoms with Crippen LogP contribution in [0.2, 0.25) is 0 Å². The molecule has 1 N–H and O–H groups in total. The zero-order valence-electron chi connectivity index (χ0n) is 20.2. The van der Waals surface area contributed by atoms with E-state index in [1.165, 1.54) is 0 Å². The Kier molecular flexibility index (Phi) is 9.46. The Hall–Kier alpha value is -3.87. The molecule has 1 aromatic heterocycles. The van der Waals surface area contributed by atoms with E-state index < -0.39 is 0 Å². The largest absolute Gasteiger partial charge is 0.494 e. The van der Waals surface area contributed by atoms with Crippen molar-refractivity contribution in [2.45, 2.75) is 27.2 Å². The summed E-state index contributed by atoms with van der Waals surface area (Å²) >= 11 is 0. The van der Waals surface area contributed by atoms with Crippen molar-refractivity contribution in [1.82, 2.24) is 10.4 Å². The number of hydrazone groups is 1. The zero-order valence-corrected chi connectivity index (χ0v) is 20.2. The highest BCUT2D eigenvalue weighted by atomic mass is 16.5. The Morgan fingerprint density at radius 2 is 1.85 bits per heavy atom. The Labute approximate surface area is 201 Å². The van der Waals surface area contributed by atoms with E-state index in [1.807, 2.05) is 67.6 Å². The number of hydrogen-bond acceptors (Lipinski definition) is 6. The lowest BCUT2D eigenvalue weighted by Gasteiger charge is -2.12. The van der Waals surface area contributed by atoms with Gasteiger partial charge in [-0.2, -0.15) is 5.10 Å². The first-order chi connectivity index (χ1) is 16.6. The topological polar surface area (TPSA) is 77.3 Å². The van der Waals surface area contributed by atoms with Gasteiger partial charge in [0.05, 0.1) is 32.2 Å². The molecule has 0 radical (unpaired) electrons. The Morgan fingerprint density at radius 3 is 2.53 bits per heavy atom. The molecule has 0 fully saturated rings. The van der Waals surface area contributed by atoms with Crippen molar-refractivity contribution in [3.63, 3.8) is 0 Å². The van der Waals surface area contributed by atoms with Crippen molar-refractivity contribution in [2.75, 3.05) is 20.3 Å². The van der Waals surface area contributed by atoms with Crippen LogP contribution in [-0.4, -0.2) is 37.4 Å². The van der Waals surface area contributed by atoms with E-state index in [0.29, 0.717) is 36.4 Å². The lowest BCUT2D eigenvalue weighted by atomic mass is 10.1. The first kappa shape index (κ1) is 24.8.